The molecule has 0 spiro atoms. The minimum Gasteiger partial charge on any atom is -0.338 e. The van der Waals surface area contributed by atoms with Crippen molar-refractivity contribution < 1.29 is 13.6 Å². The third-order valence-electron chi connectivity index (χ3n) is 4.12. The van der Waals surface area contributed by atoms with E-state index >= 15 is 0 Å². The molecule has 2 aromatic carbocycles. The van der Waals surface area contributed by atoms with Gasteiger partial charge in [-0.1, -0.05) is 24.3 Å². The molecule has 0 aliphatic rings. The smallest absolute Gasteiger partial charge is 0.317 e. The van der Waals surface area contributed by atoms with E-state index in [1.807, 2.05) is 36.5 Å². The molecular weight excluding hydrogens is 350 g/mol. The molecule has 0 atom stereocenters. The van der Waals surface area contributed by atoms with Gasteiger partial charge in [0.2, 0.25) is 0 Å². The van der Waals surface area contributed by atoms with Crippen LogP contribution < -0.4 is 5.32 Å². The normalized spacial score (nSPS) is 10.6. The average molecular weight is 370 g/mol. The molecule has 0 saturated carbocycles. The van der Waals surface area contributed by atoms with E-state index in [0.29, 0.717) is 13.0 Å². The standard InChI is InChI=1S/C20H20F2N4O/c1-25(14-16-7-8-17(21)11-19(16)22)20(27)23-10-9-15-12-24-26(13-15)18-5-3-2-4-6-18/h2-8,11-13H,9-10,14H2,1H3,(H,23,27). The van der Waals surface area contributed by atoms with Gasteiger partial charge in [0.25, 0.3) is 0 Å². The number of halogens is 2. The second-order valence-electron chi connectivity index (χ2n) is 6.20. The summed E-state index contributed by atoms with van der Waals surface area (Å²) in [7, 11) is 1.56. The Hall–Kier alpha value is -3.22. The third kappa shape index (κ3) is 4.91. The molecule has 3 rings (SSSR count). The number of carbonyl (C=O) groups excluding carboxylic acids is 1. The molecule has 0 fully saturated rings. The maximum absolute atomic E-state index is 13.7. The Morgan fingerprint density at radius 3 is 2.70 bits per heavy atom. The lowest BCUT2D eigenvalue weighted by atomic mass is 10.2. The number of aromatic nitrogens is 2. The van der Waals surface area contributed by atoms with Gasteiger partial charge in [0.15, 0.2) is 0 Å². The second-order valence-corrected chi connectivity index (χ2v) is 6.20. The number of para-hydroxylation sites is 1. The van der Waals surface area contributed by atoms with E-state index in [-0.39, 0.29) is 18.1 Å². The van der Waals surface area contributed by atoms with Gasteiger partial charge in [-0.05, 0) is 30.2 Å². The topological polar surface area (TPSA) is 50.2 Å². The Balaban J connectivity index is 1.48. The lowest BCUT2D eigenvalue weighted by Gasteiger charge is -2.18. The van der Waals surface area contributed by atoms with E-state index in [1.54, 1.807) is 17.9 Å². The highest BCUT2D eigenvalue weighted by atomic mass is 19.1. The van der Waals surface area contributed by atoms with Crippen LogP contribution in [0, 0.1) is 11.6 Å². The lowest BCUT2D eigenvalue weighted by molar-refractivity contribution is 0.206. The van der Waals surface area contributed by atoms with Gasteiger partial charge >= 0.3 is 6.03 Å². The zero-order valence-corrected chi connectivity index (χ0v) is 14.9. The number of benzene rings is 2. The monoisotopic (exact) mass is 370 g/mol. The Morgan fingerprint density at radius 1 is 1.19 bits per heavy atom. The van der Waals surface area contributed by atoms with Gasteiger partial charge in [0.1, 0.15) is 11.6 Å². The molecule has 0 aliphatic heterocycles. The van der Waals surface area contributed by atoms with Gasteiger partial charge in [-0.15, -0.1) is 0 Å². The van der Waals surface area contributed by atoms with Crippen LogP contribution in [0.15, 0.2) is 60.9 Å². The first-order chi connectivity index (χ1) is 13.0. The summed E-state index contributed by atoms with van der Waals surface area (Å²) in [4.78, 5) is 13.5. The zero-order chi connectivity index (χ0) is 19.2. The van der Waals surface area contributed by atoms with Crippen molar-refractivity contribution in [2.45, 2.75) is 13.0 Å². The third-order valence-corrected chi connectivity index (χ3v) is 4.12. The number of hydrogen-bond acceptors (Lipinski definition) is 2. The summed E-state index contributed by atoms with van der Waals surface area (Å²) >= 11 is 0. The predicted octanol–water partition coefficient (Wildman–Crippen LogP) is 3.53. The quantitative estimate of drug-likeness (QED) is 0.722. The fourth-order valence-electron chi connectivity index (χ4n) is 2.64. The predicted molar refractivity (Wildman–Crippen MR) is 98.5 cm³/mol. The molecule has 0 radical (unpaired) electrons. The van der Waals surface area contributed by atoms with Crippen LogP contribution in [0.4, 0.5) is 13.6 Å². The Kier molecular flexibility index (Phi) is 5.80. The first-order valence-electron chi connectivity index (χ1n) is 8.55. The van der Waals surface area contributed by atoms with Crippen LogP contribution in [-0.4, -0.2) is 34.3 Å². The molecule has 3 aromatic rings. The number of hydrogen-bond donors (Lipinski definition) is 1. The van der Waals surface area contributed by atoms with Crippen molar-refractivity contribution in [2.75, 3.05) is 13.6 Å². The number of nitrogens with one attached hydrogen (secondary N) is 1. The average Bonchev–Trinajstić information content (AvgIpc) is 3.13. The van der Waals surface area contributed by atoms with Crippen LogP contribution in [0.2, 0.25) is 0 Å². The van der Waals surface area contributed by atoms with Crippen molar-refractivity contribution >= 4 is 6.03 Å². The molecule has 1 heterocycles. The van der Waals surface area contributed by atoms with E-state index in [4.69, 9.17) is 0 Å². The highest BCUT2D eigenvalue weighted by molar-refractivity contribution is 5.73. The summed E-state index contributed by atoms with van der Waals surface area (Å²) in [5.74, 6) is -1.30. The minimum atomic E-state index is -0.664. The van der Waals surface area contributed by atoms with Crippen molar-refractivity contribution in [1.82, 2.24) is 20.0 Å². The summed E-state index contributed by atoms with van der Waals surface area (Å²) in [5, 5.41) is 7.10. The van der Waals surface area contributed by atoms with Gasteiger partial charge in [0.05, 0.1) is 11.9 Å². The zero-order valence-electron chi connectivity index (χ0n) is 14.9. The van der Waals surface area contributed by atoms with Crippen LogP contribution >= 0.6 is 0 Å². The van der Waals surface area contributed by atoms with Crippen molar-refractivity contribution in [1.29, 1.82) is 0 Å². The largest absolute Gasteiger partial charge is 0.338 e. The number of rotatable bonds is 6. The van der Waals surface area contributed by atoms with Crippen LogP contribution in [0.3, 0.4) is 0 Å². The molecule has 140 valence electrons. The molecule has 2 amide bonds. The molecule has 1 N–H and O–H groups in total. The number of nitrogens with zero attached hydrogens (tertiary/aromatic N) is 3. The molecular formula is C20H20F2N4O. The lowest BCUT2D eigenvalue weighted by Crippen LogP contribution is -2.37. The fourth-order valence-corrected chi connectivity index (χ4v) is 2.64. The molecule has 0 aliphatic carbocycles. The van der Waals surface area contributed by atoms with E-state index in [2.05, 4.69) is 10.4 Å². The van der Waals surface area contributed by atoms with E-state index in [1.165, 1.54) is 17.0 Å². The maximum atomic E-state index is 13.7. The van der Waals surface area contributed by atoms with Crippen molar-refractivity contribution in [3.05, 3.63) is 83.7 Å². The van der Waals surface area contributed by atoms with Gasteiger partial charge in [-0.25, -0.2) is 18.3 Å². The maximum Gasteiger partial charge on any atom is 0.317 e. The van der Waals surface area contributed by atoms with E-state index in [9.17, 15) is 13.6 Å². The Labute approximate surface area is 156 Å². The second kappa shape index (κ2) is 8.44. The van der Waals surface area contributed by atoms with Crippen molar-refractivity contribution in [3.8, 4) is 5.69 Å². The van der Waals surface area contributed by atoms with Crippen LogP contribution in [0.1, 0.15) is 11.1 Å². The van der Waals surface area contributed by atoms with Gasteiger partial charge in [-0.3, -0.25) is 0 Å². The highest BCUT2D eigenvalue weighted by Gasteiger charge is 2.12. The fraction of sp³-hybridized carbons (Fsp3) is 0.200. The van der Waals surface area contributed by atoms with Crippen LogP contribution in [0.5, 0.6) is 0 Å². The van der Waals surface area contributed by atoms with Gasteiger partial charge in [-0.2, -0.15) is 5.10 Å². The first-order valence-corrected chi connectivity index (χ1v) is 8.55. The van der Waals surface area contributed by atoms with Gasteiger partial charge < -0.3 is 10.2 Å². The molecule has 0 saturated heterocycles. The molecule has 0 unspecified atom stereocenters. The van der Waals surface area contributed by atoms with Crippen LogP contribution in [-0.2, 0) is 13.0 Å². The van der Waals surface area contributed by atoms with E-state index in [0.717, 1.165) is 17.3 Å². The molecule has 27 heavy (non-hydrogen) atoms. The SMILES string of the molecule is CN(Cc1ccc(F)cc1F)C(=O)NCCc1cnn(-c2ccccc2)c1. The summed E-state index contributed by atoms with van der Waals surface area (Å²) < 4.78 is 28.4. The summed E-state index contributed by atoms with van der Waals surface area (Å²) in [6.07, 6.45) is 4.30. The Morgan fingerprint density at radius 2 is 1.96 bits per heavy atom. The molecule has 5 nitrogen and oxygen atoms in total. The number of urea groups is 1. The Bertz CT molecular complexity index is 911. The summed E-state index contributed by atoms with van der Waals surface area (Å²) in [6.45, 7) is 0.486. The molecule has 0 bridgehead atoms. The highest BCUT2D eigenvalue weighted by Crippen LogP contribution is 2.12. The van der Waals surface area contributed by atoms with Gasteiger partial charge in [0, 0.05) is 38.0 Å². The minimum absolute atomic E-state index is 0.0594. The van der Waals surface area contributed by atoms with Crippen molar-refractivity contribution in [3.63, 3.8) is 0 Å². The molecule has 7 heteroatoms. The summed E-state index contributed by atoms with van der Waals surface area (Å²) in [6, 6.07) is 12.7. The van der Waals surface area contributed by atoms with E-state index < -0.39 is 11.6 Å². The number of amides is 2. The number of carbonyl (C=O) groups is 1. The van der Waals surface area contributed by atoms with Crippen molar-refractivity contribution in [2.24, 2.45) is 0 Å². The first kappa shape index (κ1) is 18.6. The molecule has 1 aromatic heterocycles. The summed E-state index contributed by atoms with van der Waals surface area (Å²) in [5.41, 5.74) is 2.22. The van der Waals surface area contributed by atoms with Crippen LogP contribution in [0.25, 0.3) is 5.69 Å².